The number of hydrogen-bond acceptors (Lipinski definition) is 4. The van der Waals surface area contributed by atoms with E-state index in [2.05, 4.69) is 23.9 Å². The molecule has 0 aliphatic carbocycles. The number of likely N-dealkylation sites (tertiary alicyclic amines) is 1. The van der Waals surface area contributed by atoms with Crippen molar-refractivity contribution < 1.29 is 14.7 Å². The molecule has 7 heteroatoms. The molecule has 1 atom stereocenters. The summed E-state index contributed by atoms with van der Waals surface area (Å²) in [6, 6.07) is 7.93. The maximum atomic E-state index is 12.9. The van der Waals surface area contributed by atoms with Crippen molar-refractivity contribution in [2.75, 3.05) is 13.1 Å². The second-order valence-electron chi connectivity index (χ2n) is 7.80. The fourth-order valence-corrected chi connectivity index (χ4v) is 3.61. The van der Waals surface area contributed by atoms with Gasteiger partial charge < -0.3 is 10.0 Å². The van der Waals surface area contributed by atoms with E-state index in [1.165, 1.54) is 0 Å². The molecule has 2 aromatic rings. The van der Waals surface area contributed by atoms with Crippen molar-refractivity contribution in [3.05, 3.63) is 41.5 Å². The predicted octanol–water partition coefficient (Wildman–Crippen LogP) is 3.03. The van der Waals surface area contributed by atoms with Crippen molar-refractivity contribution in [3.8, 4) is 5.69 Å². The van der Waals surface area contributed by atoms with Gasteiger partial charge in [-0.25, -0.2) is 9.67 Å². The number of para-hydroxylation sites is 1. The van der Waals surface area contributed by atoms with Crippen LogP contribution in [0.15, 0.2) is 24.3 Å². The summed E-state index contributed by atoms with van der Waals surface area (Å²) in [7, 11) is 0. The standard InChI is InChI=1S/C20H26N4O3/c1-13(2)15-8-5-6-9-16(15)24-14(3)21-17(22-24)18(25)23-11-7-10-20(4,12-23)19(26)27/h5-6,8-9,13H,7,10-12H2,1-4H3,(H,26,27). The van der Waals surface area contributed by atoms with Gasteiger partial charge in [-0.2, -0.15) is 0 Å². The van der Waals surface area contributed by atoms with Crippen LogP contribution in [0.25, 0.3) is 5.69 Å². The van der Waals surface area contributed by atoms with Crippen molar-refractivity contribution in [1.29, 1.82) is 0 Å². The van der Waals surface area contributed by atoms with Gasteiger partial charge in [0.05, 0.1) is 11.1 Å². The third kappa shape index (κ3) is 3.59. The zero-order chi connectivity index (χ0) is 19.8. The molecule has 27 heavy (non-hydrogen) atoms. The van der Waals surface area contributed by atoms with Gasteiger partial charge in [0, 0.05) is 13.1 Å². The Labute approximate surface area is 159 Å². The fourth-order valence-electron chi connectivity index (χ4n) is 3.61. The molecule has 144 valence electrons. The topological polar surface area (TPSA) is 88.3 Å². The summed E-state index contributed by atoms with van der Waals surface area (Å²) in [6.07, 6.45) is 1.22. The molecule has 1 N–H and O–H groups in total. The van der Waals surface area contributed by atoms with Gasteiger partial charge in [-0.15, -0.1) is 5.10 Å². The van der Waals surface area contributed by atoms with E-state index in [9.17, 15) is 14.7 Å². The van der Waals surface area contributed by atoms with Crippen LogP contribution in [0.3, 0.4) is 0 Å². The maximum absolute atomic E-state index is 12.9. The zero-order valence-corrected chi connectivity index (χ0v) is 16.3. The van der Waals surface area contributed by atoms with Crippen LogP contribution >= 0.6 is 0 Å². The molecule has 1 aliphatic rings. The Hall–Kier alpha value is -2.70. The van der Waals surface area contributed by atoms with Gasteiger partial charge in [-0.3, -0.25) is 9.59 Å². The Bertz CT molecular complexity index is 874. The molecule has 2 heterocycles. The molecule has 1 fully saturated rings. The van der Waals surface area contributed by atoms with Gasteiger partial charge in [0.1, 0.15) is 5.82 Å². The van der Waals surface area contributed by atoms with E-state index in [0.29, 0.717) is 31.1 Å². The largest absolute Gasteiger partial charge is 0.481 e. The zero-order valence-electron chi connectivity index (χ0n) is 16.3. The highest BCUT2D eigenvalue weighted by molar-refractivity contribution is 5.91. The molecule has 0 radical (unpaired) electrons. The number of nitrogens with zero attached hydrogens (tertiary/aromatic N) is 4. The van der Waals surface area contributed by atoms with Crippen molar-refractivity contribution in [1.82, 2.24) is 19.7 Å². The van der Waals surface area contributed by atoms with Crippen LogP contribution in [0.1, 0.15) is 61.5 Å². The minimum atomic E-state index is -0.921. The highest BCUT2D eigenvalue weighted by atomic mass is 16.4. The number of piperidine rings is 1. The molecule has 0 bridgehead atoms. The molecular formula is C20H26N4O3. The lowest BCUT2D eigenvalue weighted by molar-refractivity contribution is -0.150. The Morgan fingerprint density at radius 2 is 1.96 bits per heavy atom. The average molecular weight is 370 g/mol. The average Bonchev–Trinajstić information content (AvgIpc) is 3.02. The molecule has 3 rings (SSSR count). The predicted molar refractivity (Wildman–Crippen MR) is 101 cm³/mol. The number of aromatic nitrogens is 3. The molecule has 1 unspecified atom stereocenters. The summed E-state index contributed by atoms with van der Waals surface area (Å²) in [5.41, 5.74) is 1.11. The minimum Gasteiger partial charge on any atom is -0.481 e. The van der Waals surface area contributed by atoms with Gasteiger partial charge in [0.15, 0.2) is 0 Å². The fraction of sp³-hybridized carbons (Fsp3) is 0.500. The van der Waals surface area contributed by atoms with E-state index < -0.39 is 11.4 Å². The van der Waals surface area contributed by atoms with Crippen molar-refractivity contribution in [2.24, 2.45) is 5.41 Å². The van der Waals surface area contributed by atoms with Crippen LogP contribution in [0.4, 0.5) is 0 Å². The third-order valence-electron chi connectivity index (χ3n) is 5.25. The van der Waals surface area contributed by atoms with Crippen LogP contribution in [0.5, 0.6) is 0 Å². The molecular weight excluding hydrogens is 344 g/mol. The van der Waals surface area contributed by atoms with Gasteiger partial charge in [0.2, 0.25) is 5.82 Å². The summed E-state index contributed by atoms with van der Waals surface area (Å²) < 4.78 is 1.70. The van der Waals surface area contributed by atoms with Gasteiger partial charge in [-0.05, 0) is 44.2 Å². The monoisotopic (exact) mass is 370 g/mol. The number of carbonyl (C=O) groups is 2. The Balaban J connectivity index is 1.91. The number of aliphatic carboxylic acids is 1. The second kappa shape index (κ2) is 7.13. The highest BCUT2D eigenvalue weighted by Gasteiger charge is 2.40. The molecule has 0 saturated carbocycles. The number of carbonyl (C=O) groups excluding carboxylic acids is 1. The van der Waals surface area contributed by atoms with Crippen molar-refractivity contribution >= 4 is 11.9 Å². The number of aryl methyl sites for hydroxylation is 1. The summed E-state index contributed by atoms with van der Waals surface area (Å²) in [4.78, 5) is 30.4. The van der Waals surface area contributed by atoms with E-state index in [0.717, 1.165) is 11.3 Å². The first kappa shape index (κ1) is 19.1. The van der Waals surface area contributed by atoms with Crippen LogP contribution in [-0.2, 0) is 4.79 Å². The Morgan fingerprint density at radius 3 is 2.63 bits per heavy atom. The van der Waals surface area contributed by atoms with E-state index in [4.69, 9.17) is 0 Å². The Kier molecular flexibility index (Phi) is 5.04. The quantitative estimate of drug-likeness (QED) is 0.894. The van der Waals surface area contributed by atoms with E-state index >= 15 is 0 Å². The number of hydrogen-bond donors (Lipinski definition) is 1. The summed E-state index contributed by atoms with van der Waals surface area (Å²) in [5.74, 6) is -0.140. The first-order valence-corrected chi connectivity index (χ1v) is 9.28. The number of rotatable bonds is 4. The van der Waals surface area contributed by atoms with Gasteiger partial charge >= 0.3 is 5.97 Å². The normalized spacial score (nSPS) is 20.1. The lowest BCUT2D eigenvalue weighted by atomic mass is 9.82. The third-order valence-corrected chi connectivity index (χ3v) is 5.25. The molecule has 1 aliphatic heterocycles. The molecule has 7 nitrogen and oxygen atoms in total. The van der Waals surface area contributed by atoms with Crippen LogP contribution in [0.2, 0.25) is 0 Å². The molecule has 1 amide bonds. The van der Waals surface area contributed by atoms with Crippen LogP contribution in [0, 0.1) is 12.3 Å². The highest BCUT2D eigenvalue weighted by Crippen LogP contribution is 2.30. The molecule has 1 saturated heterocycles. The summed E-state index contributed by atoms with van der Waals surface area (Å²) in [6.45, 7) is 8.42. The number of carboxylic acid groups (broad SMARTS) is 1. The molecule has 1 aromatic heterocycles. The van der Waals surface area contributed by atoms with Crippen molar-refractivity contribution in [2.45, 2.75) is 46.5 Å². The maximum Gasteiger partial charge on any atom is 0.311 e. The van der Waals surface area contributed by atoms with Gasteiger partial charge in [-0.1, -0.05) is 32.0 Å². The Morgan fingerprint density at radius 1 is 1.26 bits per heavy atom. The molecule has 1 aromatic carbocycles. The first-order valence-electron chi connectivity index (χ1n) is 9.28. The second-order valence-corrected chi connectivity index (χ2v) is 7.80. The number of amides is 1. The van der Waals surface area contributed by atoms with E-state index in [-0.39, 0.29) is 18.3 Å². The lowest BCUT2D eigenvalue weighted by Gasteiger charge is -2.36. The van der Waals surface area contributed by atoms with E-state index in [1.807, 2.05) is 31.2 Å². The van der Waals surface area contributed by atoms with Gasteiger partial charge in [0.25, 0.3) is 5.91 Å². The van der Waals surface area contributed by atoms with E-state index in [1.54, 1.807) is 16.5 Å². The minimum absolute atomic E-state index is 0.112. The van der Waals surface area contributed by atoms with Crippen molar-refractivity contribution in [3.63, 3.8) is 0 Å². The summed E-state index contributed by atoms with van der Waals surface area (Å²) >= 11 is 0. The van der Waals surface area contributed by atoms with Crippen LogP contribution in [-0.4, -0.2) is 49.7 Å². The summed E-state index contributed by atoms with van der Waals surface area (Å²) in [5, 5.41) is 13.9. The smallest absolute Gasteiger partial charge is 0.311 e. The first-order chi connectivity index (χ1) is 12.7. The lowest BCUT2D eigenvalue weighted by Crippen LogP contribution is -2.48. The SMILES string of the molecule is Cc1nc(C(=O)N2CCCC(C)(C(=O)O)C2)nn1-c1ccccc1C(C)C. The molecule has 0 spiro atoms. The van der Waals surface area contributed by atoms with Crippen LogP contribution < -0.4 is 0 Å². The number of carboxylic acids is 1. The number of benzene rings is 1.